The van der Waals surface area contributed by atoms with E-state index in [1.807, 2.05) is 0 Å². The first-order valence-corrected chi connectivity index (χ1v) is 6.48. The molecule has 106 valence electrons. The fourth-order valence-electron chi connectivity index (χ4n) is 1.29. The van der Waals surface area contributed by atoms with E-state index in [-0.39, 0.29) is 24.8 Å². The number of halogens is 3. The smallest absolute Gasteiger partial charge is 0.395 e. The summed E-state index contributed by atoms with van der Waals surface area (Å²) in [4.78, 5) is 13.3. The molecular formula is C12H14F3NO2S. The highest BCUT2D eigenvalue weighted by Crippen LogP contribution is 2.31. The zero-order valence-electron chi connectivity index (χ0n) is 10.3. The third-order valence-corrected chi connectivity index (χ3v) is 3.36. The minimum Gasteiger partial charge on any atom is -0.395 e. The number of nitrogens with zero attached hydrogens (tertiary/aromatic N) is 1. The van der Waals surface area contributed by atoms with Crippen LogP contribution in [0.4, 0.5) is 13.2 Å². The highest BCUT2D eigenvalue weighted by Gasteiger charge is 2.30. The summed E-state index contributed by atoms with van der Waals surface area (Å²) in [6.07, 6.45) is -4.38. The Morgan fingerprint density at radius 3 is 2.68 bits per heavy atom. The molecule has 19 heavy (non-hydrogen) atoms. The van der Waals surface area contributed by atoms with Crippen molar-refractivity contribution in [1.29, 1.82) is 0 Å². The molecule has 1 aromatic rings. The summed E-state index contributed by atoms with van der Waals surface area (Å²) in [5.41, 5.74) is -0.728. The van der Waals surface area contributed by atoms with Crippen LogP contribution in [0, 0.1) is 0 Å². The number of alkyl halides is 3. The summed E-state index contributed by atoms with van der Waals surface area (Å²) in [5.74, 6) is -0.200. The van der Waals surface area contributed by atoms with E-state index in [9.17, 15) is 18.0 Å². The fourth-order valence-corrected chi connectivity index (χ4v) is 2.19. The Kier molecular flexibility index (Phi) is 5.68. The Morgan fingerprint density at radius 2 is 2.11 bits per heavy atom. The van der Waals surface area contributed by atoms with Gasteiger partial charge in [-0.25, -0.2) is 0 Å². The summed E-state index contributed by atoms with van der Waals surface area (Å²) in [6, 6.07) is 4.85. The van der Waals surface area contributed by atoms with E-state index in [4.69, 9.17) is 5.11 Å². The van der Waals surface area contributed by atoms with E-state index in [0.717, 1.165) is 23.9 Å². The Morgan fingerprint density at radius 1 is 1.42 bits per heavy atom. The maximum absolute atomic E-state index is 12.5. The third-order valence-electron chi connectivity index (χ3n) is 2.38. The van der Waals surface area contributed by atoms with Gasteiger partial charge in [0.25, 0.3) is 0 Å². The van der Waals surface area contributed by atoms with Gasteiger partial charge in [-0.1, -0.05) is 6.07 Å². The first kappa shape index (κ1) is 15.8. The number of hydrogen-bond donors (Lipinski definition) is 1. The van der Waals surface area contributed by atoms with Gasteiger partial charge in [-0.15, -0.1) is 11.8 Å². The first-order valence-electron chi connectivity index (χ1n) is 5.49. The maximum Gasteiger partial charge on any atom is 0.416 e. The van der Waals surface area contributed by atoms with Crippen molar-refractivity contribution in [3.8, 4) is 0 Å². The van der Waals surface area contributed by atoms with E-state index in [1.165, 1.54) is 24.1 Å². The number of aliphatic hydroxyl groups is 1. The number of carbonyl (C=O) groups excluding carboxylic acids is 1. The molecule has 0 aromatic heterocycles. The van der Waals surface area contributed by atoms with E-state index >= 15 is 0 Å². The molecule has 0 radical (unpaired) electrons. The van der Waals surface area contributed by atoms with Crippen molar-refractivity contribution in [1.82, 2.24) is 4.90 Å². The molecule has 0 spiro atoms. The van der Waals surface area contributed by atoms with Crippen molar-refractivity contribution in [2.75, 3.05) is 26.0 Å². The van der Waals surface area contributed by atoms with Crippen molar-refractivity contribution < 1.29 is 23.1 Å². The van der Waals surface area contributed by atoms with Crippen LogP contribution in [-0.2, 0) is 11.0 Å². The molecule has 3 nitrogen and oxygen atoms in total. The van der Waals surface area contributed by atoms with Crippen LogP contribution >= 0.6 is 11.8 Å². The van der Waals surface area contributed by atoms with Crippen LogP contribution < -0.4 is 0 Å². The van der Waals surface area contributed by atoms with Crippen molar-refractivity contribution in [2.24, 2.45) is 0 Å². The predicted octanol–water partition coefficient (Wildman–Crippen LogP) is 2.25. The van der Waals surface area contributed by atoms with Crippen molar-refractivity contribution >= 4 is 17.7 Å². The molecular weight excluding hydrogens is 279 g/mol. The van der Waals surface area contributed by atoms with E-state index in [1.54, 1.807) is 0 Å². The second-order valence-electron chi connectivity index (χ2n) is 3.85. The van der Waals surface area contributed by atoms with Crippen LogP contribution in [0.3, 0.4) is 0 Å². The monoisotopic (exact) mass is 293 g/mol. The molecule has 0 bridgehead atoms. The lowest BCUT2D eigenvalue weighted by molar-refractivity contribution is -0.137. The Bertz CT molecular complexity index is 437. The van der Waals surface area contributed by atoms with Gasteiger partial charge in [0.15, 0.2) is 0 Å². The Balaban J connectivity index is 2.61. The molecule has 0 atom stereocenters. The van der Waals surface area contributed by atoms with Gasteiger partial charge in [0.05, 0.1) is 17.9 Å². The number of hydrogen-bond acceptors (Lipinski definition) is 3. The van der Waals surface area contributed by atoms with Crippen LogP contribution in [-0.4, -0.2) is 41.9 Å². The summed E-state index contributed by atoms with van der Waals surface area (Å²) in [7, 11) is 1.53. The van der Waals surface area contributed by atoms with Gasteiger partial charge in [0.2, 0.25) is 5.91 Å². The van der Waals surface area contributed by atoms with Gasteiger partial charge in [-0.2, -0.15) is 13.2 Å². The standard InChI is InChI=1S/C12H14F3NO2S/c1-16(5-6-17)11(18)8-19-10-4-2-3-9(7-10)12(13,14)15/h2-4,7,17H,5-6,8H2,1H3. The first-order chi connectivity index (χ1) is 8.84. The second kappa shape index (κ2) is 6.81. The van der Waals surface area contributed by atoms with E-state index < -0.39 is 11.7 Å². The minimum atomic E-state index is -4.38. The number of aliphatic hydroxyl groups excluding tert-OH is 1. The number of benzene rings is 1. The molecule has 1 aromatic carbocycles. The molecule has 0 aliphatic rings. The molecule has 0 aliphatic heterocycles. The van der Waals surface area contributed by atoms with Crippen LogP contribution in [0.5, 0.6) is 0 Å². The lowest BCUT2D eigenvalue weighted by Gasteiger charge is -2.15. The molecule has 0 heterocycles. The molecule has 1 rings (SSSR count). The van der Waals surface area contributed by atoms with Gasteiger partial charge in [-0.05, 0) is 18.2 Å². The van der Waals surface area contributed by atoms with Crippen molar-refractivity contribution in [2.45, 2.75) is 11.1 Å². The van der Waals surface area contributed by atoms with E-state index in [2.05, 4.69) is 0 Å². The molecule has 7 heteroatoms. The van der Waals surface area contributed by atoms with Gasteiger partial charge in [0.1, 0.15) is 0 Å². The maximum atomic E-state index is 12.5. The second-order valence-corrected chi connectivity index (χ2v) is 4.90. The number of amides is 1. The van der Waals surface area contributed by atoms with Crippen LogP contribution in [0.1, 0.15) is 5.56 Å². The quantitative estimate of drug-likeness (QED) is 0.847. The van der Waals surface area contributed by atoms with Gasteiger partial charge < -0.3 is 10.0 Å². The largest absolute Gasteiger partial charge is 0.416 e. The molecule has 0 aliphatic carbocycles. The normalized spacial score (nSPS) is 11.4. The minimum absolute atomic E-state index is 0.0395. The van der Waals surface area contributed by atoms with Crippen molar-refractivity contribution in [3.05, 3.63) is 29.8 Å². The van der Waals surface area contributed by atoms with E-state index in [0.29, 0.717) is 4.90 Å². The third kappa shape index (κ3) is 5.12. The van der Waals surface area contributed by atoms with Gasteiger partial charge in [0, 0.05) is 18.5 Å². The Labute approximate surface area is 113 Å². The molecule has 0 fully saturated rings. The molecule has 1 N–H and O–H groups in total. The van der Waals surface area contributed by atoms with Crippen LogP contribution in [0.25, 0.3) is 0 Å². The molecule has 1 amide bonds. The number of thioether (sulfide) groups is 1. The Hall–Kier alpha value is -1.21. The zero-order valence-corrected chi connectivity index (χ0v) is 11.1. The lowest BCUT2D eigenvalue weighted by Crippen LogP contribution is -2.30. The summed E-state index contributed by atoms with van der Waals surface area (Å²) < 4.78 is 37.4. The molecule has 0 saturated heterocycles. The summed E-state index contributed by atoms with van der Waals surface area (Å²) in [6.45, 7) is 0.0679. The zero-order chi connectivity index (χ0) is 14.5. The topological polar surface area (TPSA) is 40.5 Å². The number of carbonyl (C=O) groups is 1. The van der Waals surface area contributed by atoms with Gasteiger partial charge in [-0.3, -0.25) is 4.79 Å². The van der Waals surface area contributed by atoms with Crippen molar-refractivity contribution in [3.63, 3.8) is 0 Å². The molecule has 0 saturated carbocycles. The number of likely N-dealkylation sites (N-methyl/N-ethyl adjacent to an activating group) is 1. The number of rotatable bonds is 5. The highest BCUT2D eigenvalue weighted by atomic mass is 32.2. The average molecular weight is 293 g/mol. The van der Waals surface area contributed by atoms with Crippen LogP contribution in [0.15, 0.2) is 29.2 Å². The summed E-state index contributed by atoms with van der Waals surface area (Å²) >= 11 is 1.04. The van der Waals surface area contributed by atoms with Gasteiger partial charge >= 0.3 is 6.18 Å². The SMILES string of the molecule is CN(CCO)C(=O)CSc1cccc(C(F)(F)F)c1. The predicted molar refractivity (Wildman–Crippen MR) is 66.9 cm³/mol. The highest BCUT2D eigenvalue weighted by molar-refractivity contribution is 8.00. The molecule has 0 unspecified atom stereocenters. The summed E-state index contributed by atoms with van der Waals surface area (Å²) in [5, 5.41) is 8.67. The lowest BCUT2D eigenvalue weighted by atomic mass is 10.2. The van der Waals surface area contributed by atoms with Crippen LogP contribution in [0.2, 0.25) is 0 Å². The fraction of sp³-hybridized carbons (Fsp3) is 0.417. The average Bonchev–Trinajstić information content (AvgIpc) is 2.35.